The summed E-state index contributed by atoms with van der Waals surface area (Å²) in [6.45, 7) is 3.55. The summed E-state index contributed by atoms with van der Waals surface area (Å²) in [5, 5.41) is 0. The second kappa shape index (κ2) is 3.72. The van der Waals surface area contributed by atoms with E-state index in [0.717, 1.165) is 25.9 Å². The third-order valence-electron chi connectivity index (χ3n) is 2.00. The van der Waals surface area contributed by atoms with Gasteiger partial charge in [0.15, 0.2) is 0 Å². The highest BCUT2D eigenvalue weighted by Gasteiger charge is 2.18. The molecule has 1 heterocycles. The molecule has 0 aromatic carbocycles. The summed E-state index contributed by atoms with van der Waals surface area (Å²) in [5.41, 5.74) is 0. The van der Waals surface area contributed by atoms with Crippen LogP contribution in [0.4, 0.5) is 0 Å². The lowest BCUT2D eigenvalue weighted by Crippen LogP contribution is -2.34. The van der Waals surface area contributed by atoms with Crippen molar-refractivity contribution in [3.63, 3.8) is 0 Å². The van der Waals surface area contributed by atoms with E-state index in [1.165, 1.54) is 6.92 Å². The van der Waals surface area contributed by atoms with E-state index in [0.29, 0.717) is 0 Å². The highest BCUT2D eigenvalue weighted by Crippen LogP contribution is 2.11. The zero-order valence-corrected chi connectivity index (χ0v) is 7.17. The standard InChI is InChI=1S/C8H15NO2/c1-7(10)11-8-3-5-9(2)6-4-8/h8H,3-6H2,1-2H3. The Bertz CT molecular complexity index is 139. The van der Waals surface area contributed by atoms with Crippen molar-refractivity contribution in [1.82, 2.24) is 4.90 Å². The highest BCUT2D eigenvalue weighted by molar-refractivity contribution is 5.66. The molecule has 3 heteroatoms. The quantitative estimate of drug-likeness (QED) is 0.523. The summed E-state index contributed by atoms with van der Waals surface area (Å²) < 4.78 is 5.07. The molecule has 3 nitrogen and oxygen atoms in total. The van der Waals surface area contributed by atoms with Gasteiger partial charge in [0.05, 0.1) is 0 Å². The summed E-state index contributed by atoms with van der Waals surface area (Å²) in [5.74, 6) is -0.153. The van der Waals surface area contributed by atoms with Gasteiger partial charge in [0.2, 0.25) is 0 Å². The van der Waals surface area contributed by atoms with E-state index >= 15 is 0 Å². The van der Waals surface area contributed by atoms with Crippen LogP contribution in [0, 0.1) is 0 Å². The number of likely N-dealkylation sites (tertiary alicyclic amines) is 1. The Morgan fingerprint density at radius 3 is 2.45 bits per heavy atom. The molecule has 1 aliphatic rings. The van der Waals surface area contributed by atoms with Crippen LogP contribution in [-0.2, 0) is 9.53 Å². The summed E-state index contributed by atoms with van der Waals surface area (Å²) in [7, 11) is 2.09. The van der Waals surface area contributed by atoms with Gasteiger partial charge < -0.3 is 9.64 Å². The van der Waals surface area contributed by atoms with E-state index in [2.05, 4.69) is 11.9 Å². The lowest BCUT2D eigenvalue weighted by atomic mass is 10.1. The summed E-state index contributed by atoms with van der Waals surface area (Å²) in [6.07, 6.45) is 2.13. The summed E-state index contributed by atoms with van der Waals surface area (Å²) in [4.78, 5) is 12.8. The number of ether oxygens (including phenoxy) is 1. The first kappa shape index (κ1) is 8.53. The number of piperidine rings is 1. The molecule has 1 aliphatic heterocycles. The van der Waals surface area contributed by atoms with E-state index in [1.54, 1.807) is 0 Å². The van der Waals surface area contributed by atoms with E-state index in [-0.39, 0.29) is 12.1 Å². The Balaban J connectivity index is 2.22. The van der Waals surface area contributed by atoms with Crippen LogP contribution < -0.4 is 0 Å². The van der Waals surface area contributed by atoms with Gasteiger partial charge in [-0.3, -0.25) is 4.79 Å². The number of nitrogens with zero attached hydrogens (tertiary/aromatic N) is 1. The second-order valence-corrected chi connectivity index (χ2v) is 3.11. The molecule has 0 unspecified atom stereocenters. The van der Waals surface area contributed by atoms with Crippen molar-refractivity contribution >= 4 is 5.97 Å². The number of hydrogen-bond acceptors (Lipinski definition) is 3. The minimum atomic E-state index is -0.153. The number of hydrogen-bond donors (Lipinski definition) is 0. The highest BCUT2D eigenvalue weighted by atomic mass is 16.5. The normalized spacial score (nSPS) is 21.6. The maximum absolute atomic E-state index is 10.6. The third-order valence-corrected chi connectivity index (χ3v) is 2.00. The molecular weight excluding hydrogens is 142 g/mol. The summed E-state index contributed by atoms with van der Waals surface area (Å²) in [6, 6.07) is 0. The molecule has 0 radical (unpaired) electrons. The number of carbonyl (C=O) groups excluding carboxylic acids is 1. The van der Waals surface area contributed by atoms with Crippen molar-refractivity contribution in [2.75, 3.05) is 20.1 Å². The molecule has 1 saturated heterocycles. The molecule has 0 amide bonds. The van der Waals surface area contributed by atoms with Crippen LogP contribution in [0.2, 0.25) is 0 Å². The lowest BCUT2D eigenvalue weighted by Gasteiger charge is -2.28. The molecule has 0 spiro atoms. The number of rotatable bonds is 1. The van der Waals surface area contributed by atoms with Gasteiger partial charge in [-0.25, -0.2) is 0 Å². The Hall–Kier alpha value is -0.570. The predicted molar refractivity (Wildman–Crippen MR) is 42.3 cm³/mol. The SMILES string of the molecule is CC(=O)OC1CCN(C)CC1. The van der Waals surface area contributed by atoms with Gasteiger partial charge in [-0.1, -0.05) is 0 Å². The largest absolute Gasteiger partial charge is 0.462 e. The zero-order valence-electron chi connectivity index (χ0n) is 7.17. The van der Waals surface area contributed by atoms with Gasteiger partial charge in [0.25, 0.3) is 0 Å². The zero-order chi connectivity index (χ0) is 8.27. The maximum Gasteiger partial charge on any atom is 0.302 e. The Kier molecular flexibility index (Phi) is 2.88. The minimum absolute atomic E-state index is 0.153. The first-order chi connectivity index (χ1) is 5.18. The van der Waals surface area contributed by atoms with Crippen LogP contribution in [0.3, 0.4) is 0 Å². The molecule has 11 heavy (non-hydrogen) atoms. The van der Waals surface area contributed by atoms with Crippen LogP contribution in [0.25, 0.3) is 0 Å². The molecular formula is C8H15NO2. The molecule has 0 aromatic rings. The molecule has 0 saturated carbocycles. The lowest BCUT2D eigenvalue weighted by molar-refractivity contribution is -0.148. The average molecular weight is 157 g/mol. The first-order valence-electron chi connectivity index (χ1n) is 4.04. The fourth-order valence-corrected chi connectivity index (χ4v) is 1.34. The Labute approximate surface area is 67.3 Å². The molecule has 1 fully saturated rings. The molecule has 0 bridgehead atoms. The van der Waals surface area contributed by atoms with Crippen molar-refractivity contribution in [2.24, 2.45) is 0 Å². The summed E-state index contributed by atoms with van der Waals surface area (Å²) >= 11 is 0. The van der Waals surface area contributed by atoms with Crippen molar-refractivity contribution in [3.8, 4) is 0 Å². The van der Waals surface area contributed by atoms with Gasteiger partial charge in [0, 0.05) is 20.0 Å². The first-order valence-corrected chi connectivity index (χ1v) is 4.04. The maximum atomic E-state index is 10.6. The number of esters is 1. The Morgan fingerprint density at radius 1 is 1.45 bits per heavy atom. The van der Waals surface area contributed by atoms with Crippen LogP contribution in [0.1, 0.15) is 19.8 Å². The van der Waals surface area contributed by atoms with Gasteiger partial charge >= 0.3 is 5.97 Å². The predicted octanol–water partition coefficient (Wildman–Crippen LogP) is 0.644. The fraction of sp³-hybridized carbons (Fsp3) is 0.875. The molecule has 1 rings (SSSR count). The van der Waals surface area contributed by atoms with Crippen molar-refractivity contribution in [1.29, 1.82) is 0 Å². The van der Waals surface area contributed by atoms with Crippen molar-refractivity contribution < 1.29 is 9.53 Å². The van der Waals surface area contributed by atoms with Crippen molar-refractivity contribution in [3.05, 3.63) is 0 Å². The van der Waals surface area contributed by atoms with E-state index in [1.807, 2.05) is 0 Å². The second-order valence-electron chi connectivity index (χ2n) is 3.11. The van der Waals surface area contributed by atoms with Crippen LogP contribution in [-0.4, -0.2) is 37.1 Å². The van der Waals surface area contributed by atoms with Crippen LogP contribution >= 0.6 is 0 Å². The number of carbonyl (C=O) groups is 1. The van der Waals surface area contributed by atoms with Crippen LogP contribution in [0.15, 0.2) is 0 Å². The van der Waals surface area contributed by atoms with Gasteiger partial charge in [-0.2, -0.15) is 0 Å². The van der Waals surface area contributed by atoms with Gasteiger partial charge in [-0.05, 0) is 19.9 Å². The average Bonchev–Trinajstić information content (AvgIpc) is 1.93. The van der Waals surface area contributed by atoms with Gasteiger partial charge in [0.1, 0.15) is 6.10 Å². The molecule has 0 N–H and O–H groups in total. The van der Waals surface area contributed by atoms with E-state index in [9.17, 15) is 4.79 Å². The van der Waals surface area contributed by atoms with E-state index < -0.39 is 0 Å². The monoisotopic (exact) mass is 157 g/mol. The third kappa shape index (κ3) is 2.89. The van der Waals surface area contributed by atoms with Crippen molar-refractivity contribution in [2.45, 2.75) is 25.9 Å². The van der Waals surface area contributed by atoms with Crippen LogP contribution in [0.5, 0.6) is 0 Å². The fourth-order valence-electron chi connectivity index (χ4n) is 1.34. The smallest absolute Gasteiger partial charge is 0.302 e. The van der Waals surface area contributed by atoms with Gasteiger partial charge in [-0.15, -0.1) is 0 Å². The molecule has 0 aliphatic carbocycles. The topological polar surface area (TPSA) is 29.5 Å². The molecule has 64 valence electrons. The molecule has 0 aromatic heterocycles. The Morgan fingerprint density at radius 2 is 2.00 bits per heavy atom. The van der Waals surface area contributed by atoms with E-state index in [4.69, 9.17) is 4.74 Å². The minimum Gasteiger partial charge on any atom is -0.462 e. The molecule has 0 atom stereocenters.